The number of allylic oxidation sites excluding steroid dienone is 5. The summed E-state index contributed by atoms with van der Waals surface area (Å²) in [5.74, 6) is 0. The first-order chi connectivity index (χ1) is 9.42. The minimum absolute atomic E-state index is 0.0613. The molecule has 0 aromatic rings. The van der Waals surface area contributed by atoms with Crippen molar-refractivity contribution in [3.8, 4) is 0 Å². The maximum absolute atomic E-state index is 10.2. The lowest BCUT2D eigenvalue weighted by molar-refractivity contribution is -0.110. The Hall–Kier alpha value is -1.16. The summed E-state index contributed by atoms with van der Waals surface area (Å²) in [4.78, 5) is 0. The van der Waals surface area contributed by atoms with E-state index in [1.54, 1.807) is 0 Å². The smallest absolute Gasteiger partial charge is 0.0726 e. The lowest BCUT2D eigenvalue weighted by Crippen LogP contribution is -2.41. The third-order valence-electron chi connectivity index (χ3n) is 3.29. The molecule has 0 aliphatic heterocycles. The third kappa shape index (κ3) is 5.45. The first-order valence-electron chi connectivity index (χ1n) is 7.17. The molecule has 0 saturated heterocycles. The van der Waals surface area contributed by atoms with Crippen LogP contribution in [-0.2, 0) is 0 Å². The van der Waals surface area contributed by atoms with Crippen LogP contribution in [0, 0.1) is 0 Å². The highest BCUT2D eigenvalue weighted by Gasteiger charge is 2.21. The summed E-state index contributed by atoms with van der Waals surface area (Å²) in [5, 5.41) is 14.7. The van der Waals surface area contributed by atoms with Crippen LogP contribution in [0.1, 0.15) is 34.6 Å². The van der Waals surface area contributed by atoms with Crippen molar-refractivity contribution in [1.29, 1.82) is 0 Å². The van der Waals surface area contributed by atoms with Crippen LogP contribution in [0.25, 0.3) is 0 Å². The van der Waals surface area contributed by atoms with Gasteiger partial charge >= 0.3 is 0 Å². The molecule has 3 heteroatoms. The number of nitrogens with zero attached hydrogens (tertiary/aromatic N) is 1. The monoisotopic (exact) mass is 278 g/mol. The Morgan fingerprint density at radius 3 is 2.30 bits per heavy atom. The van der Waals surface area contributed by atoms with Gasteiger partial charge in [0.15, 0.2) is 0 Å². The van der Waals surface area contributed by atoms with Gasteiger partial charge in [-0.1, -0.05) is 42.9 Å². The summed E-state index contributed by atoms with van der Waals surface area (Å²) in [6.07, 6.45) is 6.06. The molecule has 0 aliphatic rings. The summed E-state index contributed by atoms with van der Waals surface area (Å²) < 4.78 is 0. The van der Waals surface area contributed by atoms with Crippen molar-refractivity contribution in [3.63, 3.8) is 0 Å². The fraction of sp³-hybridized carbons (Fsp3) is 0.529. The molecule has 0 fully saturated rings. The van der Waals surface area contributed by atoms with E-state index in [4.69, 9.17) is 0 Å². The average Bonchev–Trinajstić information content (AvgIpc) is 2.44. The minimum Gasteiger partial charge on any atom is -0.318 e. The van der Waals surface area contributed by atoms with E-state index in [2.05, 4.69) is 37.9 Å². The summed E-state index contributed by atoms with van der Waals surface area (Å²) in [7, 11) is 1.90. The van der Waals surface area contributed by atoms with E-state index < -0.39 is 0 Å². The zero-order chi connectivity index (χ0) is 15.7. The predicted molar refractivity (Wildman–Crippen MR) is 88.0 cm³/mol. The second-order valence-corrected chi connectivity index (χ2v) is 5.08. The Balaban J connectivity index is 5.71. The van der Waals surface area contributed by atoms with E-state index in [-0.39, 0.29) is 6.04 Å². The van der Waals surface area contributed by atoms with Crippen LogP contribution in [0.3, 0.4) is 0 Å². The van der Waals surface area contributed by atoms with Crippen LogP contribution in [0.4, 0.5) is 0 Å². The molecular formula is C17H30N2O. The summed E-state index contributed by atoms with van der Waals surface area (Å²) in [6.45, 7) is 15.3. The second kappa shape index (κ2) is 9.70. The topological polar surface area (TPSA) is 35.5 Å². The summed E-state index contributed by atoms with van der Waals surface area (Å²) >= 11 is 0. The van der Waals surface area contributed by atoms with Crippen molar-refractivity contribution in [2.75, 3.05) is 20.1 Å². The van der Waals surface area contributed by atoms with Gasteiger partial charge in [-0.25, -0.2) is 0 Å². The van der Waals surface area contributed by atoms with Crippen LogP contribution in [0.2, 0.25) is 0 Å². The quantitative estimate of drug-likeness (QED) is 0.525. The molecule has 2 N–H and O–H groups in total. The number of hydroxylamine groups is 2. The Labute approximate surface area is 124 Å². The van der Waals surface area contributed by atoms with Crippen LogP contribution in [0.5, 0.6) is 0 Å². The van der Waals surface area contributed by atoms with Crippen molar-refractivity contribution in [3.05, 3.63) is 47.1 Å². The van der Waals surface area contributed by atoms with E-state index in [0.717, 1.165) is 16.7 Å². The molecular weight excluding hydrogens is 248 g/mol. The maximum Gasteiger partial charge on any atom is 0.0726 e. The zero-order valence-electron chi connectivity index (χ0n) is 13.8. The number of nitrogens with one attached hydrogen (secondary N) is 1. The Kier molecular flexibility index (Phi) is 9.14. The summed E-state index contributed by atoms with van der Waals surface area (Å²) in [6, 6.07) is -0.0613. The van der Waals surface area contributed by atoms with E-state index in [9.17, 15) is 5.21 Å². The second-order valence-electron chi connectivity index (χ2n) is 5.08. The van der Waals surface area contributed by atoms with Gasteiger partial charge in [0.2, 0.25) is 0 Å². The van der Waals surface area contributed by atoms with Gasteiger partial charge < -0.3 is 10.5 Å². The van der Waals surface area contributed by atoms with Gasteiger partial charge in [-0.05, 0) is 45.9 Å². The van der Waals surface area contributed by atoms with Gasteiger partial charge in [0.05, 0.1) is 6.04 Å². The van der Waals surface area contributed by atoms with E-state index >= 15 is 0 Å². The molecule has 0 aromatic carbocycles. The molecule has 0 aromatic heterocycles. The SMILES string of the molecule is C=C/C(C)=C\C(=C(C)C)/C(=C\C)C(CNC)N(O)CC. The molecule has 1 atom stereocenters. The van der Waals surface area contributed by atoms with Gasteiger partial charge in [0.1, 0.15) is 0 Å². The average molecular weight is 278 g/mol. The largest absolute Gasteiger partial charge is 0.318 e. The normalized spacial score (nSPS) is 14.4. The highest BCUT2D eigenvalue weighted by molar-refractivity contribution is 5.47. The Morgan fingerprint density at radius 1 is 1.35 bits per heavy atom. The highest BCUT2D eigenvalue weighted by Crippen LogP contribution is 2.24. The Morgan fingerprint density at radius 2 is 1.95 bits per heavy atom. The third-order valence-corrected chi connectivity index (χ3v) is 3.29. The standard InChI is InChI=1S/C17H30N2O/c1-8-14(6)11-16(13(4)5)15(9-2)17(12-18-7)19(20)10-3/h8-9,11,17-18,20H,1,10,12H2,2-7H3/b14-11-,15-9+. The first kappa shape index (κ1) is 18.8. The predicted octanol–water partition coefficient (Wildman–Crippen LogP) is 3.70. The lowest BCUT2D eigenvalue weighted by atomic mass is 9.92. The van der Waals surface area contributed by atoms with Crippen LogP contribution >= 0.6 is 0 Å². The van der Waals surface area contributed by atoms with E-state index in [0.29, 0.717) is 13.1 Å². The zero-order valence-corrected chi connectivity index (χ0v) is 13.8. The number of hydrogen-bond donors (Lipinski definition) is 2. The van der Waals surface area contributed by atoms with Crippen molar-refractivity contribution in [2.45, 2.75) is 40.7 Å². The van der Waals surface area contributed by atoms with Crippen molar-refractivity contribution in [2.24, 2.45) is 0 Å². The maximum atomic E-state index is 10.2. The first-order valence-corrected chi connectivity index (χ1v) is 7.17. The van der Waals surface area contributed by atoms with Crippen LogP contribution < -0.4 is 5.32 Å². The van der Waals surface area contributed by atoms with E-state index in [1.807, 2.05) is 33.9 Å². The molecule has 0 amide bonds. The lowest BCUT2D eigenvalue weighted by Gasteiger charge is -2.29. The minimum atomic E-state index is -0.0613. The molecule has 0 aliphatic carbocycles. The highest BCUT2D eigenvalue weighted by atomic mass is 16.5. The molecule has 0 spiro atoms. The van der Waals surface area contributed by atoms with Gasteiger partial charge in [-0.3, -0.25) is 0 Å². The van der Waals surface area contributed by atoms with Gasteiger partial charge in [-0.2, -0.15) is 5.06 Å². The van der Waals surface area contributed by atoms with Crippen LogP contribution in [0.15, 0.2) is 47.1 Å². The molecule has 0 bridgehead atoms. The molecule has 0 saturated carbocycles. The van der Waals surface area contributed by atoms with Gasteiger partial charge in [-0.15, -0.1) is 0 Å². The molecule has 114 valence electrons. The molecule has 20 heavy (non-hydrogen) atoms. The van der Waals surface area contributed by atoms with Crippen LogP contribution in [-0.4, -0.2) is 36.4 Å². The van der Waals surface area contributed by atoms with Gasteiger partial charge in [0.25, 0.3) is 0 Å². The fourth-order valence-electron chi connectivity index (χ4n) is 2.12. The summed E-state index contributed by atoms with van der Waals surface area (Å²) in [5.41, 5.74) is 4.64. The number of hydrogen-bond acceptors (Lipinski definition) is 3. The molecule has 0 heterocycles. The molecule has 3 nitrogen and oxygen atoms in total. The van der Waals surface area contributed by atoms with Gasteiger partial charge in [0, 0.05) is 13.1 Å². The van der Waals surface area contributed by atoms with Crippen molar-refractivity contribution < 1.29 is 5.21 Å². The molecule has 0 rings (SSSR count). The molecule has 1 unspecified atom stereocenters. The molecule has 0 radical (unpaired) electrons. The Bertz CT molecular complexity index is 401. The number of rotatable bonds is 8. The number of likely N-dealkylation sites (N-methyl/N-ethyl adjacent to an activating group) is 2. The van der Waals surface area contributed by atoms with Crippen molar-refractivity contribution >= 4 is 0 Å². The van der Waals surface area contributed by atoms with Crippen molar-refractivity contribution in [1.82, 2.24) is 10.4 Å². The van der Waals surface area contributed by atoms with E-state index in [1.165, 1.54) is 10.6 Å². The fourth-order valence-corrected chi connectivity index (χ4v) is 2.12.